The van der Waals surface area contributed by atoms with Crippen molar-refractivity contribution in [2.75, 3.05) is 6.54 Å². The summed E-state index contributed by atoms with van der Waals surface area (Å²) < 4.78 is 5.39. The molecule has 0 saturated carbocycles. The highest BCUT2D eigenvalue weighted by Gasteiger charge is 2.37. The highest BCUT2D eigenvalue weighted by Crippen LogP contribution is 2.22. The van der Waals surface area contributed by atoms with Crippen molar-refractivity contribution in [1.82, 2.24) is 15.6 Å². The summed E-state index contributed by atoms with van der Waals surface area (Å²) in [7, 11) is 0. The van der Waals surface area contributed by atoms with Crippen LogP contribution >= 0.6 is 12.6 Å². The van der Waals surface area contributed by atoms with Gasteiger partial charge in [0.15, 0.2) is 0 Å². The number of ether oxygens (including phenoxy) is 1. The molecule has 3 atom stereocenters. The molecule has 2 N–H and O–H groups in total. The van der Waals surface area contributed by atoms with E-state index in [1.165, 1.54) is 0 Å². The van der Waals surface area contributed by atoms with E-state index in [4.69, 9.17) is 4.74 Å². The van der Waals surface area contributed by atoms with Crippen molar-refractivity contribution in [2.24, 2.45) is 0 Å². The van der Waals surface area contributed by atoms with E-state index < -0.39 is 6.04 Å². The van der Waals surface area contributed by atoms with Crippen LogP contribution in [0.15, 0.2) is 54.9 Å². The standard InChI is InChI=1S/C21H25N3O3S/c25-19(23-10-8-15-7-4-9-22-13-15)12-17-11-18(28)20(24-17)21(26)27-14-16-5-2-1-3-6-16/h1-7,9,13,17-18,20,24,28H,8,10-12,14H2,(H,23,25)/t17-,18+,20?/m1/s1. The molecular weight excluding hydrogens is 374 g/mol. The summed E-state index contributed by atoms with van der Waals surface area (Å²) in [5.41, 5.74) is 2.02. The van der Waals surface area contributed by atoms with Crippen LogP contribution in [0.5, 0.6) is 0 Å². The predicted molar refractivity (Wildman–Crippen MR) is 110 cm³/mol. The lowest BCUT2D eigenvalue weighted by atomic mass is 10.1. The van der Waals surface area contributed by atoms with E-state index in [9.17, 15) is 9.59 Å². The molecule has 1 amide bonds. The molecule has 0 aliphatic carbocycles. The van der Waals surface area contributed by atoms with E-state index >= 15 is 0 Å². The Hall–Kier alpha value is -2.38. The third-order valence-corrected chi connectivity index (χ3v) is 5.20. The Bertz CT molecular complexity index is 773. The molecule has 1 aromatic carbocycles. The Balaban J connectivity index is 1.39. The zero-order valence-corrected chi connectivity index (χ0v) is 16.5. The predicted octanol–water partition coefficient (Wildman–Crippen LogP) is 1.90. The lowest BCUT2D eigenvalue weighted by Crippen LogP contribution is -2.41. The molecule has 1 saturated heterocycles. The van der Waals surface area contributed by atoms with Crippen LogP contribution in [0.2, 0.25) is 0 Å². The van der Waals surface area contributed by atoms with Crippen LogP contribution in [-0.2, 0) is 27.4 Å². The van der Waals surface area contributed by atoms with Crippen molar-refractivity contribution in [3.05, 3.63) is 66.0 Å². The van der Waals surface area contributed by atoms with Gasteiger partial charge in [0.25, 0.3) is 0 Å². The van der Waals surface area contributed by atoms with Gasteiger partial charge in [-0.1, -0.05) is 36.4 Å². The highest BCUT2D eigenvalue weighted by molar-refractivity contribution is 7.81. The number of carbonyl (C=O) groups excluding carboxylic acids is 2. The van der Waals surface area contributed by atoms with Gasteiger partial charge < -0.3 is 15.4 Å². The number of nitrogens with zero attached hydrogens (tertiary/aromatic N) is 1. The first-order valence-corrected chi connectivity index (χ1v) is 9.94. The number of benzene rings is 1. The second kappa shape index (κ2) is 10.2. The van der Waals surface area contributed by atoms with Gasteiger partial charge in [-0.25, -0.2) is 0 Å². The van der Waals surface area contributed by atoms with Gasteiger partial charge in [-0.05, 0) is 30.0 Å². The first-order chi connectivity index (χ1) is 13.6. The fourth-order valence-corrected chi connectivity index (χ4v) is 3.70. The fraction of sp³-hybridized carbons (Fsp3) is 0.381. The van der Waals surface area contributed by atoms with E-state index in [1.54, 1.807) is 12.4 Å². The second-order valence-corrected chi connectivity index (χ2v) is 7.57. The normalized spacial score (nSPS) is 21.2. The summed E-state index contributed by atoms with van der Waals surface area (Å²) in [6, 6.07) is 12.8. The average molecular weight is 400 g/mol. The summed E-state index contributed by atoms with van der Waals surface area (Å²) >= 11 is 4.50. The maximum atomic E-state index is 12.3. The molecule has 1 aliphatic rings. The Morgan fingerprint density at radius 3 is 2.71 bits per heavy atom. The van der Waals surface area contributed by atoms with Crippen molar-refractivity contribution < 1.29 is 14.3 Å². The average Bonchev–Trinajstić information content (AvgIpc) is 3.07. The lowest BCUT2D eigenvalue weighted by molar-refractivity contribution is -0.147. The van der Waals surface area contributed by atoms with Gasteiger partial charge in [-0.2, -0.15) is 12.6 Å². The van der Waals surface area contributed by atoms with Crippen LogP contribution in [-0.4, -0.2) is 40.7 Å². The van der Waals surface area contributed by atoms with Crippen LogP contribution in [0.25, 0.3) is 0 Å². The summed E-state index contributed by atoms with van der Waals surface area (Å²) in [6.07, 6.45) is 5.21. The van der Waals surface area contributed by atoms with Crippen molar-refractivity contribution in [3.63, 3.8) is 0 Å². The molecule has 0 radical (unpaired) electrons. The van der Waals surface area contributed by atoms with E-state index in [2.05, 4.69) is 28.2 Å². The highest BCUT2D eigenvalue weighted by atomic mass is 32.1. The van der Waals surface area contributed by atoms with E-state index in [0.29, 0.717) is 19.4 Å². The third kappa shape index (κ3) is 6.07. The number of hydrogen-bond donors (Lipinski definition) is 3. The molecule has 0 bridgehead atoms. The summed E-state index contributed by atoms with van der Waals surface area (Å²) in [6.45, 7) is 0.794. The molecule has 28 heavy (non-hydrogen) atoms. The number of amides is 1. The molecule has 1 aromatic heterocycles. The van der Waals surface area contributed by atoms with Gasteiger partial charge in [0.1, 0.15) is 12.6 Å². The Morgan fingerprint density at radius 1 is 1.18 bits per heavy atom. The van der Waals surface area contributed by atoms with Gasteiger partial charge in [0, 0.05) is 36.7 Å². The molecular formula is C21H25N3O3S. The smallest absolute Gasteiger partial charge is 0.324 e. The zero-order valence-electron chi connectivity index (χ0n) is 15.6. The maximum Gasteiger partial charge on any atom is 0.324 e. The maximum absolute atomic E-state index is 12.3. The Kier molecular flexibility index (Phi) is 7.45. The van der Waals surface area contributed by atoms with Crippen LogP contribution in [0, 0.1) is 0 Å². The lowest BCUT2D eigenvalue weighted by Gasteiger charge is -2.15. The molecule has 7 heteroatoms. The first kappa shape index (κ1) is 20.4. The van der Waals surface area contributed by atoms with Gasteiger partial charge in [-0.15, -0.1) is 0 Å². The Labute approximate surface area is 170 Å². The molecule has 2 heterocycles. The van der Waals surface area contributed by atoms with Crippen LogP contribution in [0.1, 0.15) is 24.0 Å². The molecule has 1 fully saturated rings. The molecule has 1 aliphatic heterocycles. The number of thiol groups is 1. The summed E-state index contributed by atoms with van der Waals surface area (Å²) in [5.74, 6) is -0.372. The van der Waals surface area contributed by atoms with E-state index in [1.807, 2.05) is 42.5 Å². The first-order valence-electron chi connectivity index (χ1n) is 9.42. The monoisotopic (exact) mass is 399 g/mol. The number of nitrogens with one attached hydrogen (secondary N) is 2. The van der Waals surface area contributed by atoms with Crippen LogP contribution in [0.3, 0.4) is 0 Å². The third-order valence-electron chi connectivity index (χ3n) is 4.69. The number of aromatic nitrogens is 1. The minimum absolute atomic E-state index is 0.0415. The molecule has 148 valence electrons. The second-order valence-electron chi connectivity index (χ2n) is 6.90. The van der Waals surface area contributed by atoms with Crippen molar-refractivity contribution in [2.45, 2.75) is 43.2 Å². The number of esters is 1. The molecule has 0 spiro atoms. The van der Waals surface area contributed by atoms with Gasteiger partial charge in [-0.3, -0.25) is 14.6 Å². The summed E-state index contributed by atoms with van der Waals surface area (Å²) in [4.78, 5) is 28.6. The summed E-state index contributed by atoms with van der Waals surface area (Å²) in [5, 5.41) is 5.94. The van der Waals surface area contributed by atoms with Gasteiger partial charge in [0.05, 0.1) is 0 Å². The Morgan fingerprint density at radius 2 is 1.96 bits per heavy atom. The minimum atomic E-state index is -0.500. The van der Waals surface area contributed by atoms with Crippen LogP contribution in [0.4, 0.5) is 0 Å². The molecule has 6 nitrogen and oxygen atoms in total. The number of hydrogen-bond acceptors (Lipinski definition) is 6. The zero-order chi connectivity index (χ0) is 19.8. The van der Waals surface area contributed by atoms with Gasteiger partial charge >= 0.3 is 5.97 Å². The number of rotatable bonds is 8. The topological polar surface area (TPSA) is 80.3 Å². The molecule has 3 rings (SSSR count). The molecule has 1 unspecified atom stereocenters. The van der Waals surface area contributed by atoms with Crippen molar-refractivity contribution in [1.29, 1.82) is 0 Å². The van der Waals surface area contributed by atoms with E-state index in [0.717, 1.165) is 17.5 Å². The van der Waals surface area contributed by atoms with Crippen molar-refractivity contribution >= 4 is 24.5 Å². The van der Waals surface area contributed by atoms with Crippen molar-refractivity contribution in [3.8, 4) is 0 Å². The molecule has 2 aromatic rings. The van der Waals surface area contributed by atoms with Crippen LogP contribution < -0.4 is 10.6 Å². The number of pyridine rings is 1. The largest absolute Gasteiger partial charge is 0.460 e. The SMILES string of the molecule is O=C(C[C@H]1C[C@H](S)C(C(=O)OCc2ccccc2)N1)NCCc1cccnc1. The number of carbonyl (C=O) groups is 2. The van der Waals surface area contributed by atoms with E-state index in [-0.39, 0.29) is 29.8 Å². The fourth-order valence-electron chi connectivity index (χ4n) is 3.23. The van der Waals surface area contributed by atoms with Gasteiger partial charge in [0.2, 0.25) is 5.91 Å². The quantitative estimate of drug-likeness (QED) is 0.467. The minimum Gasteiger partial charge on any atom is -0.460 e.